The van der Waals surface area contributed by atoms with Crippen molar-refractivity contribution in [1.82, 2.24) is 0 Å². The number of carbonyl (C=O) groups excluding carboxylic acids is 2. The molecule has 1 atom stereocenters. The van der Waals surface area contributed by atoms with Crippen molar-refractivity contribution >= 4 is 17.6 Å². The molecule has 2 rings (SSSR count). The first kappa shape index (κ1) is 18.5. The average molecular weight is 333 g/mol. The Labute approximate surface area is 144 Å². The van der Waals surface area contributed by atoms with Crippen LogP contribution in [0.25, 0.3) is 0 Å². The second-order valence-electron chi connectivity index (χ2n) is 6.94. The fourth-order valence-corrected chi connectivity index (χ4v) is 3.21. The first-order chi connectivity index (χ1) is 11.4. The molecule has 1 heterocycles. The van der Waals surface area contributed by atoms with E-state index < -0.39 is 0 Å². The van der Waals surface area contributed by atoms with Gasteiger partial charge >= 0.3 is 5.97 Å². The summed E-state index contributed by atoms with van der Waals surface area (Å²) in [6.45, 7) is 7.89. The standard InChI is InChI=1S/C19H28N2O3/c1-13(2)15-5-7-17(8-6-15)20-18(22)14(3)21-11-9-16(10-12-21)19(23)24-4/h5-8,13-14,16H,9-12H2,1-4H3,(H,20,22)/p+1/t14-/m0/s1. The molecular formula is C19H29N2O3+. The molecule has 1 saturated heterocycles. The largest absolute Gasteiger partial charge is 0.469 e. The van der Waals surface area contributed by atoms with Gasteiger partial charge < -0.3 is 15.0 Å². The summed E-state index contributed by atoms with van der Waals surface area (Å²) in [4.78, 5) is 25.3. The van der Waals surface area contributed by atoms with Gasteiger partial charge in [0.25, 0.3) is 5.91 Å². The van der Waals surface area contributed by atoms with Crippen molar-refractivity contribution in [2.45, 2.75) is 45.6 Å². The predicted octanol–water partition coefficient (Wildman–Crippen LogP) is 1.60. The number of rotatable bonds is 5. The number of ether oxygens (including phenoxy) is 1. The zero-order chi connectivity index (χ0) is 17.7. The summed E-state index contributed by atoms with van der Waals surface area (Å²) in [6, 6.07) is 7.89. The molecule has 5 heteroatoms. The molecule has 0 aliphatic carbocycles. The van der Waals surface area contributed by atoms with E-state index in [1.165, 1.54) is 17.6 Å². The van der Waals surface area contributed by atoms with Gasteiger partial charge in [0.1, 0.15) is 0 Å². The number of quaternary nitrogens is 1. The van der Waals surface area contributed by atoms with Crippen LogP contribution in [0, 0.1) is 5.92 Å². The lowest BCUT2D eigenvalue weighted by Gasteiger charge is -2.31. The number of benzene rings is 1. The Morgan fingerprint density at radius 1 is 1.12 bits per heavy atom. The van der Waals surface area contributed by atoms with Crippen LogP contribution in [-0.2, 0) is 14.3 Å². The van der Waals surface area contributed by atoms with Crippen molar-refractivity contribution in [2.24, 2.45) is 5.92 Å². The first-order valence-corrected chi connectivity index (χ1v) is 8.75. The van der Waals surface area contributed by atoms with Gasteiger partial charge in [-0.3, -0.25) is 9.59 Å². The van der Waals surface area contributed by atoms with Gasteiger partial charge in [-0.2, -0.15) is 0 Å². The molecule has 2 N–H and O–H groups in total. The van der Waals surface area contributed by atoms with Crippen LogP contribution in [-0.4, -0.2) is 38.1 Å². The van der Waals surface area contributed by atoms with Gasteiger partial charge in [-0.25, -0.2) is 0 Å². The number of anilines is 1. The molecular weight excluding hydrogens is 304 g/mol. The minimum atomic E-state index is -0.131. The van der Waals surface area contributed by atoms with E-state index in [1.807, 2.05) is 19.1 Å². The van der Waals surface area contributed by atoms with Crippen LogP contribution in [0.1, 0.15) is 45.1 Å². The second-order valence-corrected chi connectivity index (χ2v) is 6.94. The SMILES string of the molecule is COC(=O)C1CC[NH+]([C@@H](C)C(=O)Nc2ccc(C(C)C)cc2)CC1. The topological polar surface area (TPSA) is 59.8 Å². The van der Waals surface area contributed by atoms with Crippen molar-refractivity contribution in [3.63, 3.8) is 0 Å². The number of amides is 1. The van der Waals surface area contributed by atoms with E-state index in [4.69, 9.17) is 4.74 Å². The summed E-state index contributed by atoms with van der Waals surface area (Å²) in [7, 11) is 1.43. The van der Waals surface area contributed by atoms with Crippen LogP contribution in [0.3, 0.4) is 0 Å². The Morgan fingerprint density at radius 3 is 2.21 bits per heavy atom. The number of hydrogen-bond donors (Lipinski definition) is 2. The quantitative estimate of drug-likeness (QED) is 0.805. The molecule has 1 aliphatic rings. The Hall–Kier alpha value is -1.88. The Balaban J connectivity index is 1.87. The Bertz CT molecular complexity index is 560. The number of esters is 1. The van der Waals surface area contributed by atoms with Gasteiger partial charge in [-0.1, -0.05) is 26.0 Å². The van der Waals surface area contributed by atoms with Crippen LogP contribution in [0.2, 0.25) is 0 Å². The summed E-state index contributed by atoms with van der Waals surface area (Å²) >= 11 is 0. The van der Waals surface area contributed by atoms with Crippen LogP contribution < -0.4 is 10.2 Å². The van der Waals surface area contributed by atoms with Crippen molar-refractivity contribution in [3.8, 4) is 0 Å². The van der Waals surface area contributed by atoms with Crippen LogP contribution in [0.5, 0.6) is 0 Å². The Kier molecular flexibility index (Phi) is 6.37. The molecule has 1 aromatic rings. The smallest absolute Gasteiger partial charge is 0.309 e. The van der Waals surface area contributed by atoms with Gasteiger partial charge in [-0.15, -0.1) is 0 Å². The number of nitrogens with one attached hydrogen (secondary N) is 2. The number of piperidine rings is 1. The maximum atomic E-state index is 12.5. The van der Waals surface area contributed by atoms with Crippen molar-refractivity contribution in [2.75, 3.05) is 25.5 Å². The minimum Gasteiger partial charge on any atom is -0.469 e. The van der Waals surface area contributed by atoms with Gasteiger partial charge in [-0.05, 0) is 30.5 Å². The molecule has 0 unspecified atom stereocenters. The molecule has 0 radical (unpaired) electrons. The first-order valence-electron chi connectivity index (χ1n) is 8.75. The van der Waals surface area contributed by atoms with Gasteiger partial charge in [0.2, 0.25) is 0 Å². The summed E-state index contributed by atoms with van der Waals surface area (Å²) in [6.07, 6.45) is 1.56. The lowest BCUT2D eigenvalue weighted by Crippen LogP contribution is -3.17. The normalized spacial score (nSPS) is 22.0. The highest BCUT2D eigenvalue weighted by Crippen LogP contribution is 2.17. The maximum Gasteiger partial charge on any atom is 0.309 e. The van der Waals surface area contributed by atoms with E-state index in [-0.39, 0.29) is 23.8 Å². The van der Waals surface area contributed by atoms with Crippen LogP contribution >= 0.6 is 0 Å². The fourth-order valence-electron chi connectivity index (χ4n) is 3.21. The number of likely N-dealkylation sites (tertiary alicyclic amines) is 1. The third-order valence-electron chi connectivity index (χ3n) is 5.01. The Morgan fingerprint density at radius 2 is 1.71 bits per heavy atom. The highest BCUT2D eigenvalue weighted by Gasteiger charge is 2.33. The molecule has 0 saturated carbocycles. The second kappa shape index (κ2) is 8.29. The third kappa shape index (κ3) is 4.57. The van der Waals surface area contributed by atoms with Gasteiger partial charge in [0, 0.05) is 18.5 Å². The average Bonchev–Trinajstić information content (AvgIpc) is 2.61. The molecule has 1 aliphatic heterocycles. The number of carbonyl (C=O) groups is 2. The van der Waals surface area contributed by atoms with E-state index in [1.54, 1.807) is 0 Å². The lowest BCUT2D eigenvalue weighted by atomic mass is 9.96. The van der Waals surface area contributed by atoms with Gasteiger partial charge in [0.05, 0.1) is 26.1 Å². The van der Waals surface area contributed by atoms with Crippen molar-refractivity contribution in [3.05, 3.63) is 29.8 Å². The van der Waals surface area contributed by atoms with Crippen molar-refractivity contribution in [1.29, 1.82) is 0 Å². The highest BCUT2D eigenvalue weighted by atomic mass is 16.5. The molecule has 0 spiro atoms. The molecule has 0 aromatic heterocycles. The maximum absolute atomic E-state index is 12.5. The van der Waals surface area contributed by atoms with E-state index in [0.29, 0.717) is 5.92 Å². The summed E-state index contributed by atoms with van der Waals surface area (Å²) in [5, 5.41) is 3.00. The molecule has 1 fully saturated rings. The van der Waals surface area contributed by atoms with E-state index in [0.717, 1.165) is 31.6 Å². The van der Waals surface area contributed by atoms with E-state index in [9.17, 15) is 9.59 Å². The van der Waals surface area contributed by atoms with Crippen LogP contribution in [0.15, 0.2) is 24.3 Å². The van der Waals surface area contributed by atoms with Gasteiger partial charge in [0.15, 0.2) is 6.04 Å². The molecule has 132 valence electrons. The molecule has 0 bridgehead atoms. The molecule has 1 aromatic carbocycles. The molecule has 5 nitrogen and oxygen atoms in total. The van der Waals surface area contributed by atoms with E-state index >= 15 is 0 Å². The van der Waals surface area contributed by atoms with Crippen molar-refractivity contribution < 1.29 is 19.2 Å². The highest BCUT2D eigenvalue weighted by molar-refractivity contribution is 5.93. The number of methoxy groups -OCH3 is 1. The summed E-state index contributed by atoms with van der Waals surface area (Å²) in [5.74, 6) is 0.363. The summed E-state index contributed by atoms with van der Waals surface area (Å²) in [5.41, 5.74) is 2.09. The lowest BCUT2D eigenvalue weighted by molar-refractivity contribution is -0.919. The zero-order valence-electron chi connectivity index (χ0n) is 15.1. The monoisotopic (exact) mass is 333 g/mol. The van der Waals surface area contributed by atoms with E-state index in [2.05, 4.69) is 31.3 Å². The summed E-state index contributed by atoms with van der Waals surface area (Å²) < 4.78 is 4.81. The van der Waals surface area contributed by atoms with Crippen LogP contribution in [0.4, 0.5) is 5.69 Å². The zero-order valence-corrected chi connectivity index (χ0v) is 15.1. The molecule has 1 amide bonds. The molecule has 24 heavy (non-hydrogen) atoms. The number of hydrogen-bond acceptors (Lipinski definition) is 3. The third-order valence-corrected chi connectivity index (χ3v) is 5.01. The minimum absolute atomic E-state index is 0.0161. The fraction of sp³-hybridized carbons (Fsp3) is 0.579. The predicted molar refractivity (Wildman–Crippen MR) is 94.1 cm³/mol.